The molecule has 0 bridgehead atoms. The molecule has 21 heavy (non-hydrogen) atoms. The van der Waals surface area contributed by atoms with Crippen LogP contribution in [0.5, 0.6) is 23.4 Å². The van der Waals surface area contributed by atoms with Crippen LogP contribution in [0.1, 0.15) is 10.4 Å². The van der Waals surface area contributed by atoms with E-state index < -0.39 is 0 Å². The molecule has 2 rings (SSSR count). The summed E-state index contributed by atoms with van der Waals surface area (Å²) in [5, 5.41) is 9.89. The van der Waals surface area contributed by atoms with Gasteiger partial charge in [-0.05, 0) is 12.1 Å². The van der Waals surface area contributed by atoms with Gasteiger partial charge < -0.3 is 19.3 Å². The number of aldehydes is 1. The number of nitrogens with zero attached hydrogens (tertiary/aromatic N) is 2. The third-order valence-electron chi connectivity index (χ3n) is 2.88. The second-order valence-electron chi connectivity index (χ2n) is 4.01. The Morgan fingerprint density at radius 2 is 1.86 bits per heavy atom. The Labute approximate surface area is 121 Å². The van der Waals surface area contributed by atoms with E-state index in [2.05, 4.69) is 9.97 Å². The molecule has 0 atom stereocenters. The normalized spacial score (nSPS) is 10.0. The van der Waals surface area contributed by atoms with E-state index in [-0.39, 0.29) is 23.4 Å². The van der Waals surface area contributed by atoms with Crippen LogP contribution in [0, 0.1) is 0 Å². The maximum Gasteiger partial charge on any atom is 0.319 e. The predicted molar refractivity (Wildman–Crippen MR) is 74.2 cm³/mol. The van der Waals surface area contributed by atoms with E-state index in [1.807, 2.05) is 0 Å². The summed E-state index contributed by atoms with van der Waals surface area (Å²) in [6, 6.07) is 2.97. The minimum absolute atomic E-state index is 0.101. The van der Waals surface area contributed by atoms with E-state index in [0.717, 1.165) is 0 Å². The molecule has 0 unspecified atom stereocenters. The monoisotopic (exact) mass is 290 g/mol. The van der Waals surface area contributed by atoms with Gasteiger partial charge in [-0.3, -0.25) is 4.79 Å². The molecule has 1 N–H and O–H groups in total. The number of hydrogen-bond acceptors (Lipinski definition) is 7. The van der Waals surface area contributed by atoms with Crippen LogP contribution in [0.3, 0.4) is 0 Å². The van der Waals surface area contributed by atoms with Gasteiger partial charge in [0.05, 0.1) is 26.9 Å². The Morgan fingerprint density at radius 1 is 1.10 bits per heavy atom. The van der Waals surface area contributed by atoms with E-state index in [9.17, 15) is 9.90 Å². The van der Waals surface area contributed by atoms with E-state index in [4.69, 9.17) is 14.2 Å². The molecule has 1 aromatic carbocycles. The van der Waals surface area contributed by atoms with Crippen LogP contribution in [0.2, 0.25) is 0 Å². The van der Waals surface area contributed by atoms with Gasteiger partial charge in [-0.25, -0.2) is 4.98 Å². The van der Waals surface area contributed by atoms with Crippen LogP contribution in [-0.2, 0) is 0 Å². The van der Waals surface area contributed by atoms with Gasteiger partial charge in [-0.1, -0.05) is 0 Å². The molecule has 7 heteroatoms. The van der Waals surface area contributed by atoms with E-state index in [0.29, 0.717) is 23.0 Å². The highest BCUT2D eigenvalue weighted by Crippen LogP contribution is 2.37. The number of phenols is 1. The molecule has 0 aliphatic heterocycles. The smallest absolute Gasteiger partial charge is 0.319 e. The highest BCUT2D eigenvalue weighted by atomic mass is 16.5. The van der Waals surface area contributed by atoms with Gasteiger partial charge in [0.15, 0.2) is 17.8 Å². The minimum atomic E-state index is -0.101. The van der Waals surface area contributed by atoms with Crippen molar-refractivity contribution >= 4 is 6.29 Å². The largest absolute Gasteiger partial charge is 0.504 e. The first-order valence-corrected chi connectivity index (χ1v) is 5.96. The molecule has 0 saturated heterocycles. The average molecular weight is 290 g/mol. The summed E-state index contributed by atoms with van der Waals surface area (Å²) in [6.45, 7) is 0. The lowest BCUT2D eigenvalue weighted by atomic mass is 10.0. The second kappa shape index (κ2) is 6.08. The number of methoxy groups -OCH3 is 3. The van der Waals surface area contributed by atoms with Crippen LogP contribution in [0.4, 0.5) is 0 Å². The highest BCUT2D eigenvalue weighted by molar-refractivity contribution is 5.90. The molecule has 0 saturated carbocycles. The Morgan fingerprint density at radius 3 is 2.43 bits per heavy atom. The SMILES string of the molecule is COc1ncc(-c2cc(O)c(OC)cc2C=O)c(OC)n1. The van der Waals surface area contributed by atoms with Crippen molar-refractivity contribution in [2.45, 2.75) is 0 Å². The molecule has 0 aliphatic rings. The minimum Gasteiger partial charge on any atom is -0.504 e. The number of rotatable bonds is 5. The van der Waals surface area contributed by atoms with Gasteiger partial charge in [0.2, 0.25) is 5.88 Å². The lowest BCUT2D eigenvalue weighted by Gasteiger charge is -2.12. The van der Waals surface area contributed by atoms with Crippen LogP contribution >= 0.6 is 0 Å². The van der Waals surface area contributed by atoms with Gasteiger partial charge in [-0.15, -0.1) is 0 Å². The molecule has 1 aromatic heterocycles. The summed E-state index contributed by atoms with van der Waals surface area (Å²) < 4.78 is 15.1. The van der Waals surface area contributed by atoms with Gasteiger partial charge in [-0.2, -0.15) is 4.98 Å². The Balaban J connectivity index is 2.66. The number of benzene rings is 1. The van der Waals surface area contributed by atoms with Crippen molar-refractivity contribution in [2.24, 2.45) is 0 Å². The summed E-state index contributed by atoms with van der Waals surface area (Å²) in [7, 11) is 4.28. The lowest BCUT2D eigenvalue weighted by molar-refractivity contribution is 0.112. The average Bonchev–Trinajstić information content (AvgIpc) is 2.53. The molecule has 7 nitrogen and oxygen atoms in total. The Hall–Kier alpha value is -2.83. The molecule has 1 heterocycles. The fraction of sp³-hybridized carbons (Fsp3) is 0.214. The van der Waals surface area contributed by atoms with Crippen molar-refractivity contribution < 1.29 is 24.1 Å². The third-order valence-corrected chi connectivity index (χ3v) is 2.88. The van der Waals surface area contributed by atoms with Crippen molar-refractivity contribution in [1.29, 1.82) is 0 Å². The highest BCUT2D eigenvalue weighted by Gasteiger charge is 2.17. The van der Waals surface area contributed by atoms with Gasteiger partial charge in [0.25, 0.3) is 0 Å². The number of phenolic OH excluding ortho intramolecular Hbond substituents is 1. The maximum absolute atomic E-state index is 11.3. The van der Waals surface area contributed by atoms with Gasteiger partial charge in [0.1, 0.15) is 0 Å². The summed E-state index contributed by atoms with van der Waals surface area (Å²) >= 11 is 0. The first-order valence-electron chi connectivity index (χ1n) is 5.96. The molecule has 0 aliphatic carbocycles. The zero-order valence-electron chi connectivity index (χ0n) is 11.8. The van der Waals surface area contributed by atoms with Crippen LogP contribution < -0.4 is 14.2 Å². The van der Waals surface area contributed by atoms with Gasteiger partial charge >= 0.3 is 6.01 Å². The molecular weight excluding hydrogens is 276 g/mol. The molecule has 0 spiro atoms. The van der Waals surface area contributed by atoms with E-state index in [1.165, 1.54) is 39.7 Å². The number of aromatic nitrogens is 2. The van der Waals surface area contributed by atoms with Crippen LogP contribution in [-0.4, -0.2) is 42.7 Å². The third kappa shape index (κ3) is 2.71. The summed E-state index contributed by atoms with van der Waals surface area (Å²) in [4.78, 5) is 19.3. The Kier molecular flexibility index (Phi) is 4.22. The quantitative estimate of drug-likeness (QED) is 0.838. The van der Waals surface area contributed by atoms with Crippen LogP contribution in [0.15, 0.2) is 18.3 Å². The summed E-state index contributed by atoms with van der Waals surface area (Å²) in [5.41, 5.74) is 1.21. The van der Waals surface area contributed by atoms with Crippen molar-refractivity contribution in [3.8, 4) is 34.5 Å². The topological polar surface area (TPSA) is 90.8 Å². The zero-order chi connectivity index (χ0) is 15.4. The molecule has 110 valence electrons. The zero-order valence-corrected chi connectivity index (χ0v) is 11.8. The molecule has 0 fully saturated rings. The molecule has 0 amide bonds. The molecule has 2 aromatic rings. The molecular formula is C14H14N2O5. The number of ether oxygens (including phenoxy) is 3. The first kappa shape index (κ1) is 14.6. The van der Waals surface area contributed by atoms with Crippen molar-refractivity contribution in [3.63, 3.8) is 0 Å². The number of aromatic hydroxyl groups is 1. The van der Waals surface area contributed by atoms with E-state index >= 15 is 0 Å². The van der Waals surface area contributed by atoms with E-state index in [1.54, 1.807) is 0 Å². The van der Waals surface area contributed by atoms with Gasteiger partial charge in [0, 0.05) is 17.3 Å². The lowest BCUT2D eigenvalue weighted by Crippen LogP contribution is -1.99. The maximum atomic E-state index is 11.3. The Bertz CT molecular complexity index is 673. The fourth-order valence-electron chi connectivity index (χ4n) is 1.87. The number of carbonyl (C=O) groups excluding carboxylic acids is 1. The number of hydrogen-bond donors (Lipinski definition) is 1. The predicted octanol–water partition coefficient (Wildman–Crippen LogP) is 1.69. The standard InChI is InChI=1S/C14H14N2O5/c1-19-12-4-8(7-17)9(5-11(12)18)10-6-15-14(21-3)16-13(10)20-2/h4-7,18H,1-3H3. The van der Waals surface area contributed by atoms with Crippen LogP contribution in [0.25, 0.3) is 11.1 Å². The summed E-state index contributed by atoms with van der Waals surface area (Å²) in [6.07, 6.45) is 2.11. The van der Waals surface area contributed by atoms with Crippen molar-refractivity contribution in [1.82, 2.24) is 9.97 Å². The van der Waals surface area contributed by atoms with Crippen molar-refractivity contribution in [3.05, 3.63) is 23.9 Å². The summed E-state index contributed by atoms with van der Waals surface area (Å²) in [5.74, 6) is 0.333. The molecule has 0 radical (unpaired) electrons. The second-order valence-corrected chi connectivity index (χ2v) is 4.01. The first-order chi connectivity index (χ1) is 10.1. The number of carbonyl (C=O) groups is 1. The van der Waals surface area contributed by atoms with Crippen molar-refractivity contribution in [2.75, 3.05) is 21.3 Å². The fourth-order valence-corrected chi connectivity index (χ4v) is 1.87.